The fourth-order valence-electron chi connectivity index (χ4n) is 1.84. The summed E-state index contributed by atoms with van der Waals surface area (Å²) < 4.78 is 20.4. The van der Waals surface area contributed by atoms with Gasteiger partial charge in [-0.05, 0) is 44.3 Å². The molecule has 0 saturated heterocycles. The summed E-state index contributed by atoms with van der Waals surface area (Å²) in [7, 11) is 0. The molecule has 0 saturated carbocycles. The summed E-state index contributed by atoms with van der Waals surface area (Å²) in [6.07, 6.45) is -0.743. The molecule has 0 aromatic heterocycles. The van der Waals surface area contributed by atoms with Gasteiger partial charge in [0.1, 0.15) is 13.2 Å². The largest absolute Gasteiger partial charge is 0.450 e. The lowest BCUT2D eigenvalue weighted by Crippen LogP contribution is -2.45. The highest BCUT2D eigenvalue weighted by atomic mass is 16.9. The minimum absolute atomic E-state index is 0.0283. The van der Waals surface area contributed by atoms with Crippen molar-refractivity contribution in [2.24, 2.45) is 11.5 Å². The molecular formula is C18H28N2O8. The van der Waals surface area contributed by atoms with Crippen LogP contribution in [-0.2, 0) is 28.5 Å². The first-order chi connectivity index (χ1) is 13.0. The minimum Gasteiger partial charge on any atom is -0.450 e. The Labute approximate surface area is 163 Å². The molecule has 0 radical (unpaired) electrons. The van der Waals surface area contributed by atoms with Gasteiger partial charge in [-0.15, -0.1) is 0 Å². The number of unbranched alkanes of at least 4 members (excludes halogenated alkanes) is 2. The Morgan fingerprint density at radius 1 is 0.821 bits per heavy atom. The van der Waals surface area contributed by atoms with Crippen LogP contribution in [0, 0.1) is 0 Å². The molecule has 0 spiro atoms. The normalized spacial score (nSPS) is 10.8. The van der Waals surface area contributed by atoms with Gasteiger partial charge in [-0.25, -0.2) is 9.59 Å². The number of hydrogen-bond donors (Lipinski definition) is 2. The Kier molecular flexibility index (Phi) is 11.4. The van der Waals surface area contributed by atoms with E-state index >= 15 is 0 Å². The number of carbonyl (C=O) groups excluding carboxylic acids is 4. The van der Waals surface area contributed by atoms with Crippen molar-refractivity contribution in [3.63, 3.8) is 0 Å². The van der Waals surface area contributed by atoms with Crippen LogP contribution in [0.1, 0.15) is 39.5 Å². The minimum atomic E-state index is -2.04. The van der Waals surface area contributed by atoms with Crippen molar-refractivity contribution in [2.45, 2.75) is 45.5 Å². The summed E-state index contributed by atoms with van der Waals surface area (Å²) in [6.45, 7) is 9.12. The van der Waals surface area contributed by atoms with Crippen LogP contribution in [0.25, 0.3) is 0 Å². The highest BCUT2D eigenvalue weighted by Crippen LogP contribution is 2.24. The zero-order valence-corrected chi connectivity index (χ0v) is 16.3. The molecule has 0 fully saturated rings. The van der Waals surface area contributed by atoms with Crippen molar-refractivity contribution in [3.05, 3.63) is 24.3 Å². The molecule has 0 bridgehead atoms. The van der Waals surface area contributed by atoms with Crippen LogP contribution in [0.4, 0.5) is 9.59 Å². The molecule has 0 aliphatic rings. The topological polar surface area (TPSA) is 157 Å². The molecular weight excluding hydrogens is 372 g/mol. The van der Waals surface area contributed by atoms with E-state index < -0.39 is 42.9 Å². The van der Waals surface area contributed by atoms with Crippen molar-refractivity contribution >= 4 is 23.8 Å². The van der Waals surface area contributed by atoms with E-state index in [1.165, 1.54) is 13.8 Å². The number of rotatable bonds is 15. The first-order valence-corrected chi connectivity index (χ1v) is 8.55. The van der Waals surface area contributed by atoms with Crippen molar-refractivity contribution in [1.29, 1.82) is 0 Å². The average Bonchev–Trinajstić information content (AvgIpc) is 2.59. The van der Waals surface area contributed by atoms with E-state index in [2.05, 4.69) is 17.9 Å². The number of nitrogens with two attached hydrogens (primary N) is 2. The zero-order chi connectivity index (χ0) is 21.7. The maximum atomic E-state index is 11.8. The Hall–Kier alpha value is -2.72. The molecule has 0 unspecified atom stereocenters. The van der Waals surface area contributed by atoms with Crippen LogP contribution in [0.15, 0.2) is 24.3 Å². The Morgan fingerprint density at radius 2 is 1.32 bits per heavy atom. The predicted molar refractivity (Wildman–Crippen MR) is 98.9 cm³/mol. The van der Waals surface area contributed by atoms with Crippen molar-refractivity contribution in [1.82, 2.24) is 0 Å². The molecule has 0 heterocycles. The zero-order valence-electron chi connectivity index (χ0n) is 16.3. The maximum absolute atomic E-state index is 11.8. The molecule has 4 N–H and O–H groups in total. The van der Waals surface area contributed by atoms with Gasteiger partial charge in [0.25, 0.3) is 0 Å². The van der Waals surface area contributed by atoms with Crippen LogP contribution in [0.5, 0.6) is 0 Å². The molecule has 2 amide bonds. The number of primary amides is 2. The first kappa shape index (κ1) is 25.3. The lowest BCUT2D eigenvalue weighted by atomic mass is 10.1. The summed E-state index contributed by atoms with van der Waals surface area (Å²) in [5.74, 6) is -2.92. The second-order valence-electron chi connectivity index (χ2n) is 6.07. The number of hydrogen-bond acceptors (Lipinski definition) is 8. The lowest BCUT2D eigenvalue weighted by Gasteiger charge is -2.31. The van der Waals surface area contributed by atoms with Gasteiger partial charge in [-0.1, -0.05) is 13.2 Å². The van der Waals surface area contributed by atoms with Gasteiger partial charge in [0, 0.05) is 6.42 Å². The Bertz CT molecular complexity index is 585. The van der Waals surface area contributed by atoms with E-state index in [1.54, 1.807) is 0 Å². The fraction of sp³-hybridized carbons (Fsp3) is 0.556. The van der Waals surface area contributed by atoms with Gasteiger partial charge >= 0.3 is 18.2 Å². The number of ether oxygens (including phenoxy) is 4. The SMILES string of the molecule is C=C(C)C(=O)COC(CCCCCOC(N)=O)(OCC(=O)C(=C)C)OC(N)=O. The van der Waals surface area contributed by atoms with Crippen LogP contribution in [-0.4, -0.2) is 49.5 Å². The maximum Gasteiger partial charge on any atom is 0.408 e. The second-order valence-corrected chi connectivity index (χ2v) is 6.07. The van der Waals surface area contributed by atoms with Gasteiger partial charge in [0.15, 0.2) is 11.6 Å². The average molecular weight is 400 g/mol. The van der Waals surface area contributed by atoms with Crippen molar-refractivity contribution in [2.75, 3.05) is 19.8 Å². The fourth-order valence-corrected chi connectivity index (χ4v) is 1.84. The standard InChI is InChI=1S/C18H28N2O8/c1-12(2)14(21)10-26-18(28-17(20)24,27-11-15(22)13(3)4)8-6-5-7-9-25-16(19)23/h1,3,5-11H2,2,4H3,(H2,19,23)(H2,20,24). The van der Waals surface area contributed by atoms with Crippen LogP contribution in [0.2, 0.25) is 0 Å². The third-order valence-electron chi connectivity index (χ3n) is 3.43. The summed E-state index contributed by atoms with van der Waals surface area (Å²) in [6, 6.07) is 0. The van der Waals surface area contributed by atoms with E-state index in [1.807, 2.05) is 0 Å². The monoisotopic (exact) mass is 400 g/mol. The predicted octanol–water partition coefficient (Wildman–Crippen LogP) is 1.71. The van der Waals surface area contributed by atoms with E-state index in [9.17, 15) is 19.2 Å². The first-order valence-electron chi connectivity index (χ1n) is 8.55. The van der Waals surface area contributed by atoms with Crippen LogP contribution >= 0.6 is 0 Å². The highest BCUT2D eigenvalue weighted by Gasteiger charge is 2.38. The summed E-state index contributed by atoms with van der Waals surface area (Å²) in [5.41, 5.74) is 10.4. The molecule has 0 rings (SSSR count). The number of amides is 2. The van der Waals surface area contributed by atoms with Crippen molar-refractivity contribution in [3.8, 4) is 0 Å². The Balaban J connectivity index is 5.10. The number of Topliss-reactive ketones (excluding diaryl/α,β-unsaturated/α-hetero) is 2. The molecule has 10 heteroatoms. The molecule has 158 valence electrons. The summed E-state index contributed by atoms with van der Waals surface area (Å²) >= 11 is 0. The molecule has 0 atom stereocenters. The third-order valence-corrected chi connectivity index (χ3v) is 3.43. The van der Waals surface area contributed by atoms with Crippen LogP contribution < -0.4 is 11.5 Å². The highest BCUT2D eigenvalue weighted by molar-refractivity contribution is 5.95. The third kappa shape index (κ3) is 11.1. The van der Waals surface area contributed by atoms with Gasteiger partial charge in [0.05, 0.1) is 6.61 Å². The van der Waals surface area contributed by atoms with Gasteiger partial charge in [0.2, 0.25) is 0 Å². The van der Waals surface area contributed by atoms with E-state index in [-0.39, 0.29) is 24.2 Å². The molecule has 0 aliphatic carbocycles. The van der Waals surface area contributed by atoms with E-state index in [4.69, 9.17) is 25.7 Å². The summed E-state index contributed by atoms with van der Waals surface area (Å²) in [5, 5.41) is 0. The molecule has 10 nitrogen and oxygen atoms in total. The van der Waals surface area contributed by atoms with Gasteiger partial charge < -0.3 is 30.4 Å². The Morgan fingerprint density at radius 3 is 1.71 bits per heavy atom. The number of carbonyl (C=O) groups is 4. The van der Waals surface area contributed by atoms with Crippen molar-refractivity contribution < 1.29 is 38.1 Å². The quantitative estimate of drug-likeness (QED) is 0.239. The van der Waals surface area contributed by atoms with E-state index in [0.717, 1.165) is 0 Å². The van der Waals surface area contributed by atoms with Gasteiger partial charge in [-0.2, -0.15) is 0 Å². The molecule has 0 aliphatic heterocycles. The summed E-state index contributed by atoms with van der Waals surface area (Å²) in [4.78, 5) is 45.5. The molecule has 0 aromatic rings. The lowest BCUT2D eigenvalue weighted by molar-refractivity contribution is -0.351. The second kappa shape index (κ2) is 12.6. The smallest absolute Gasteiger partial charge is 0.408 e. The molecule has 28 heavy (non-hydrogen) atoms. The van der Waals surface area contributed by atoms with E-state index in [0.29, 0.717) is 19.3 Å². The van der Waals surface area contributed by atoms with Gasteiger partial charge in [-0.3, -0.25) is 9.59 Å². The van der Waals surface area contributed by atoms with Crippen LogP contribution in [0.3, 0.4) is 0 Å². The molecule has 0 aromatic carbocycles. The number of ketones is 2.